The van der Waals surface area contributed by atoms with Gasteiger partial charge >= 0.3 is 0 Å². The number of hydrogen-bond donors (Lipinski definition) is 1. The van der Waals surface area contributed by atoms with Crippen molar-refractivity contribution in [3.05, 3.63) is 77.6 Å². The van der Waals surface area contributed by atoms with Crippen molar-refractivity contribution >= 4 is 5.52 Å². The third-order valence-electron chi connectivity index (χ3n) is 4.41. The van der Waals surface area contributed by atoms with E-state index in [4.69, 9.17) is 0 Å². The van der Waals surface area contributed by atoms with Crippen LogP contribution in [0, 0.1) is 11.3 Å². The molecule has 0 aliphatic rings. The van der Waals surface area contributed by atoms with Gasteiger partial charge in [0.15, 0.2) is 0 Å². The number of fused-ring (bicyclic) bond motifs is 1. The molecule has 1 atom stereocenters. The highest BCUT2D eigenvalue weighted by Crippen LogP contribution is 2.26. The number of hydrogen-bond acceptors (Lipinski definition) is 3. The van der Waals surface area contributed by atoms with Gasteiger partial charge in [-0.05, 0) is 31.2 Å². The molecule has 0 amide bonds. The maximum absolute atomic E-state index is 9.56. The Hall–Kier alpha value is -2.61. The number of rotatable bonds is 6. The summed E-state index contributed by atoms with van der Waals surface area (Å²) >= 11 is 0. The topological polar surface area (TPSA) is 51.7 Å². The van der Waals surface area contributed by atoms with Crippen molar-refractivity contribution in [3.63, 3.8) is 0 Å². The zero-order valence-electron chi connectivity index (χ0n) is 13.8. The van der Waals surface area contributed by atoms with E-state index in [9.17, 15) is 10.4 Å². The largest absolute Gasteiger partial charge is 0.396 e. The third-order valence-corrected chi connectivity index (χ3v) is 4.41. The SMILES string of the molecule is CN(Cc1cn2ccccc2c1C#N)C(CCO)c1ccccc1. The van der Waals surface area contributed by atoms with Crippen molar-refractivity contribution in [2.75, 3.05) is 13.7 Å². The second-order valence-electron chi connectivity index (χ2n) is 5.99. The minimum Gasteiger partial charge on any atom is -0.396 e. The van der Waals surface area contributed by atoms with Gasteiger partial charge < -0.3 is 9.51 Å². The van der Waals surface area contributed by atoms with Gasteiger partial charge in [0.25, 0.3) is 0 Å². The van der Waals surface area contributed by atoms with Crippen LogP contribution < -0.4 is 0 Å². The summed E-state index contributed by atoms with van der Waals surface area (Å²) < 4.78 is 1.99. The van der Waals surface area contributed by atoms with Crippen molar-refractivity contribution in [1.29, 1.82) is 5.26 Å². The number of aromatic nitrogens is 1. The predicted molar refractivity (Wildman–Crippen MR) is 94.5 cm³/mol. The normalized spacial score (nSPS) is 12.4. The quantitative estimate of drug-likeness (QED) is 0.758. The highest BCUT2D eigenvalue weighted by Gasteiger charge is 2.19. The molecule has 24 heavy (non-hydrogen) atoms. The summed E-state index contributed by atoms with van der Waals surface area (Å²) in [7, 11) is 2.04. The zero-order valence-corrected chi connectivity index (χ0v) is 13.8. The first-order valence-corrected chi connectivity index (χ1v) is 8.09. The monoisotopic (exact) mass is 319 g/mol. The molecular weight excluding hydrogens is 298 g/mol. The molecule has 0 bridgehead atoms. The maximum atomic E-state index is 9.56. The van der Waals surface area contributed by atoms with E-state index in [2.05, 4.69) is 23.1 Å². The van der Waals surface area contributed by atoms with Gasteiger partial charge in [0, 0.05) is 37.2 Å². The molecule has 0 saturated heterocycles. The molecule has 0 fully saturated rings. The van der Waals surface area contributed by atoms with Gasteiger partial charge in [-0.1, -0.05) is 36.4 Å². The first kappa shape index (κ1) is 16.3. The van der Waals surface area contributed by atoms with Crippen molar-refractivity contribution in [3.8, 4) is 6.07 Å². The van der Waals surface area contributed by atoms with E-state index in [1.54, 1.807) is 0 Å². The van der Waals surface area contributed by atoms with E-state index in [1.165, 1.54) is 5.56 Å². The van der Waals surface area contributed by atoms with Gasteiger partial charge in [-0.3, -0.25) is 4.90 Å². The number of nitriles is 1. The molecule has 2 heterocycles. The molecule has 0 saturated carbocycles. The summed E-state index contributed by atoms with van der Waals surface area (Å²) in [4.78, 5) is 2.20. The Morgan fingerprint density at radius 1 is 1.17 bits per heavy atom. The molecule has 1 unspecified atom stereocenters. The third kappa shape index (κ3) is 3.18. The molecule has 2 aromatic heterocycles. The smallest absolute Gasteiger partial charge is 0.102 e. The standard InChI is InChI=1S/C20H21N3O/c1-22(19(10-12-24)16-7-3-2-4-8-16)14-17-15-23-11-6-5-9-20(23)18(17)13-21/h2-9,11,15,19,24H,10,12,14H2,1H3. The molecule has 1 N–H and O–H groups in total. The summed E-state index contributed by atoms with van der Waals surface area (Å²) in [5, 5.41) is 19.0. The van der Waals surface area contributed by atoms with E-state index < -0.39 is 0 Å². The van der Waals surface area contributed by atoms with Crippen LogP contribution >= 0.6 is 0 Å². The van der Waals surface area contributed by atoms with Gasteiger partial charge in [-0.2, -0.15) is 5.26 Å². The second-order valence-corrected chi connectivity index (χ2v) is 5.99. The predicted octanol–water partition coefficient (Wildman–Crippen LogP) is 3.37. The fraction of sp³-hybridized carbons (Fsp3) is 0.250. The van der Waals surface area contributed by atoms with Gasteiger partial charge in [0.1, 0.15) is 6.07 Å². The van der Waals surface area contributed by atoms with Crippen LogP contribution in [-0.4, -0.2) is 28.1 Å². The zero-order chi connectivity index (χ0) is 16.9. The Morgan fingerprint density at radius 2 is 1.92 bits per heavy atom. The van der Waals surface area contributed by atoms with E-state index in [1.807, 2.05) is 60.2 Å². The average molecular weight is 319 g/mol. The van der Waals surface area contributed by atoms with Crippen LogP contribution in [0.2, 0.25) is 0 Å². The molecule has 4 heteroatoms. The van der Waals surface area contributed by atoms with Crippen LogP contribution in [0.15, 0.2) is 60.9 Å². The van der Waals surface area contributed by atoms with Crippen molar-refractivity contribution < 1.29 is 5.11 Å². The summed E-state index contributed by atoms with van der Waals surface area (Å²) in [6.07, 6.45) is 4.64. The lowest BCUT2D eigenvalue weighted by atomic mass is 10.0. The Kier molecular flexibility index (Phi) is 4.95. The summed E-state index contributed by atoms with van der Waals surface area (Å²) in [5.41, 5.74) is 3.83. The van der Waals surface area contributed by atoms with Crippen molar-refractivity contribution in [2.45, 2.75) is 19.0 Å². The van der Waals surface area contributed by atoms with E-state index in [0.29, 0.717) is 13.0 Å². The Bertz CT molecular complexity index is 848. The summed E-state index contributed by atoms with van der Waals surface area (Å²) in [6.45, 7) is 0.789. The Morgan fingerprint density at radius 3 is 2.62 bits per heavy atom. The summed E-state index contributed by atoms with van der Waals surface area (Å²) in [5.74, 6) is 0. The number of pyridine rings is 1. The van der Waals surface area contributed by atoms with Gasteiger partial charge in [0.2, 0.25) is 0 Å². The van der Waals surface area contributed by atoms with Crippen LogP contribution in [0.3, 0.4) is 0 Å². The molecule has 4 nitrogen and oxygen atoms in total. The second kappa shape index (κ2) is 7.31. The van der Waals surface area contributed by atoms with Crippen LogP contribution in [0.25, 0.3) is 5.52 Å². The van der Waals surface area contributed by atoms with Gasteiger partial charge in [-0.15, -0.1) is 0 Å². The van der Waals surface area contributed by atoms with Crippen LogP contribution in [0.5, 0.6) is 0 Å². The molecule has 0 aliphatic heterocycles. The van der Waals surface area contributed by atoms with Crippen molar-refractivity contribution in [1.82, 2.24) is 9.30 Å². The van der Waals surface area contributed by atoms with Crippen molar-refractivity contribution in [2.24, 2.45) is 0 Å². The number of aliphatic hydroxyl groups is 1. The van der Waals surface area contributed by atoms with E-state index in [-0.39, 0.29) is 12.6 Å². The molecule has 122 valence electrons. The lowest BCUT2D eigenvalue weighted by Gasteiger charge is -2.28. The van der Waals surface area contributed by atoms with Gasteiger partial charge in [-0.25, -0.2) is 0 Å². The molecule has 3 rings (SSSR count). The molecular formula is C20H21N3O. The molecule has 3 aromatic rings. The fourth-order valence-corrected chi connectivity index (χ4v) is 3.24. The Labute approximate surface area is 142 Å². The minimum atomic E-state index is 0.116. The van der Waals surface area contributed by atoms with Crippen LogP contribution in [0.1, 0.15) is 29.2 Å². The molecule has 0 aliphatic carbocycles. The number of benzene rings is 1. The first-order chi connectivity index (χ1) is 11.7. The molecule has 1 aromatic carbocycles. The molecule has 0 radical (unpaired) electrons. The Balaban J connectivity index is 1.90. The van der Waals surface area contributed by atoms with E-state index >= 15 is 0 Å². The number of nitrogens with zero attached hydrogens (tertiary/aromatic N) is 3. The van der Waals surface area contributed by atoms with E-state index in [0.717, 1.165) is 16.6 Å². The van der Waals surface area contributed by atoms with Crippen LogP contribution in [0.4, 0.5) is 0 Å². The highest BCUT2D eigenvalue weighted by atomic mass is 16.3. The fourth-order valence-electron chi connectivity index (χ4n) is 3.24. The first-order valence-electron chi connectivity index (χ1n) is 8.09. The lowest BCUT2D eigenvalue weighted by molar-refractivity contribution is 0.180. The van der Waals surface area contributed by atoms with Gasteiger partial charge in [0.05, 0.1) is 11.1 Å². The maximum Gasteiger partial charge on any atom is 0.102 e. The molecule has 0 spiro atoms. The summed E-state index contributed by atoms with van der Waals surface area (Å²) in [6, 6.07) is 18.5. The average Bonchev–Trinajstić information content (AvgIpc) is 2.97. The minimum absolute atomic E-state index is 0.116. The van der Waals surface area contributed by atoms with Crippen LogP contribution in [-0.2, 0) is 6.54 Å². The number of aliphatic hydroxyl groups excluding tert-OH is 1. The highest BCUT2D eigenvalue weighted by molar-refractivity contribution is 5.65. The lowest BCUT2D eigenvalue weighted by Crippen LogP contribution is -2.25.